The Labute approximate surface area is 145 Å². The minimum Gasteiger partial charge on any atom is -0.368 e. The van der Waals surface area contributed by atoms with Crippen molar-refractivity contribution in [3.8, 4) is 11.3 Å². The number of amides is 1. The second-order valence-electron chi connectivity index (χ2n) is 6.67. The summed E-state index contributed by atoms with van der Waals surface area (Å²) in [7, 11) is 0. The van der Waals surface area contributed by atoms with Crippen LogP contribution in [-0.2, 0) is 22.7 Å². The fraction of sp³-hybridized carbons (Fsp3) is 0.588. The van der Waals surface area contributed by atoms with E-state index in [1.165, 1.54) is 25.7 Å². The van der Waals surface area contributed by atoms with E-state index in [2.05, 4.69) is 21.0 Å². The van der Waals surface area contributed by atoms with Crippen LogP contribution in [0.5, 0.6) is 0 Å². The maximum absolute atomic E-state index is 12.0. The molecule has 2 aliphatic rings. The topological polar surface area (TPSA) is 69.0 Å². The Morgan fingerprint density at radius 2 is 2.29 bits per heavy atom. The van der Waals surface area contributed by atoms with Gasteiger partial charge in [0.15, 0.2) is 0 Å². The number of rotatable bonds is 5. The van der Waals surface area contributed by atoms with Gasteiger partial charge in [-0.25, -0.2) is 4.68 Å². The zero-order chi connectivity index (χ0) is 16.4. The molecule has 1 fully saturated rings. The van der Waals surface area contributed by atoms with Crippen LogP contribution < -0.4 is 5.32 Å². The third-order valence-corrected chi connectivity index (χ3v) is 5.62. The summed E-state index contributed by atoms with van der Waals surface area (Å²) in [6.45, 7) is 1.66. The van der Waals surface area contributed by atoms with E-state index in [0.717, 1.165) is 17.0 Å². The first-order chi connectivity index (χ1) is 11.8. The van der Waals surface area contributed by atoms with E-state index in [1.54, 1.807) is 11.3 Å². The lowest BCUT2D eigenvalue weighted by molar-refractivity contribution is -0.123. The Balaban J connectivity index is 1.31. The average molecular weight is 346 g/mol. The van der Waals surface area contributed by atoms with Crippen molar-refractivity contribution in [2.75, 3.05) is 6.54 Å². The van der Waals surface area contributed by atoms with Gasteiger partial charge in [-0.15, -0.1) is 5.10 Å². The number of fused-ring (bicyclic) bond motifs is 1. The van der Waals surface area contributed by atoms with Crippen LogP contribution in [0.1, 0.15) is 37.8 Å². The van der Waals surface area contributed by atoms with Crippen molar-refractivity contribution in [2.24, 2.45) is 5.92 Å². The van der Waals surface area contributed by atoms with Gasteiger partial charge in [-0.3, -0.25) is 4.79 Å². The van der Waals surface area contributed by atoms with Gasteiger partial charge >= 0.3 is 0 Å². The number of aromatic nitrogens is 3. The Bertz CT molecular complexity index is 692. The van der Waals surface area contributed by atoms with E-state index in [1.807, 2.05) is 16.1 Å². The smallest absolute Gasteiger partial charge is 0.220 e. The van der Waals surface area contributed by atoms with Crippen LogP contribution in [0.15, 0.2) is 16.8 Å². The van der Waals surface area contributed by atoms with E-state index >= 15 is 0 Å². The molecule has 24 heavy (non-hydrogen) atoms. The first kappa shape index (κ1) is 15.8. The van der Waals surface area contributed by atoms with E-state index in [-0.39, 0.29) is 12.0 Å². The Kier molecular flexibility index (Phi) is 4.62. The van der Waals surface area contributed by atoms with Crippen molar-refractivity contribution < 1.29 is 9.53 Å². The van der Waals surface area contributed by atoms with Gasteiger partial charge in [0.2, 0.25) is 5.91 Å². The molecule has 1 saturated carbocycles. The summed E-state index contributed by atoms with van der Waals surface area (Å²) in [5.74, 6) is 0.723. The highest BCUT2D eigenvalue weighted by Crippen LogP contribution is 2.28. The SMILES string of the molecule is O=C(CC1CCCC1)NCC1Cn2nnc(-c3ccsc3)c2CO1. The normalized spacial score (nSPS) is 20.9. The second-order valence-corrected chi connectivity index (χ2v) is 7.45. The van der Waals surface area contributed by atoms with Crippen LogP contribution in [0.3, 0.4) is 0 Å². The van der Waals surface area contributed by atoms with Crippen LogP contribution in [0, 0.1) is 5.92 Å². The highest BCUT2D eigenvalue weighted by Gasteiger charge is 2.25. The molecule has 2 aromatic heterocycles. The van der Waals surface area contributed by atoms with Crippen LogP contribution in [0.2, 0.25) is 0 Å². The minimum absolute atomic E-state index is 0.0398. The molecule has 1 amide bonds. The zero-order valence-corrected chi connectivity index (χ0v) is 14.4. The lowest BCUT2D eigenvalue weighted by Crippen LogP contribution is -2.39. The van der Waals surface area contributed by atoms with E-state index in [9.17, 15) is 4.79 Å². The summed E-state index contributed by atoms with van der Waals surface area (Å²) in [6.07, 6.45) is 5.55. The molecule has 1 unspecified atom stereocenters. The second kappa shape index (κ2) is 7.03. The minimum atomic E-state index is -0.0398. The average Bonchev–Trinajstić information content (AvgIpc) is 3.33. The molecule has 1 aliphatic carbocycles. The molecule has 1 atom stereocenters. The highest BCUT2D eigenvalue weighted by atomic mass is 32.1. The quantitative estimate of drug-likeness (QED) is 0.903. The van der Waals surface area contributed by atoms with Gasteiger partial charge in [-0.2, -0.15) is 11.3 Å². The Hall–Kier alpha value is -1.73. The first-order valence-electron chi connectivity index (χ1n) is 8.63. The Morgan fingerprint density at radius 3 is 3.08 bits per heavy atom. The van der Waals surface area contributed by atoms with Gasteiger partial charge in [0.05, 0.1) is 24.9 Å². The van der Waals surface area contributed by atoms with Crippen molar-refractivity contribution in [1.29, 1.82) is 0 Å². The number of carbonyl (C=O) groups excluding carboxylic acids is 1. The van der Waals surface area contributed by atoms with Gasteiger partial charge < -0.3 is 10.1 Å². The van der Waals surface area contributed by atoms with E-state index in [4.69, 9.17) is 4.74 Å². The van der Waals surface area contributed by atoms with Crippen molar-refractivity contribution in [1.82, 2.24) is 20.3 Å². The molecule has 0 saturated heterocycles. The molecule has 1 N–H and O–H groups in total. The number of carbonyl (C=O) groups is 1. The van der Waals surface area contributed by atoms with Gasteiger partial charge in [0.25, 0.3) is 0 Å². The summed E-state index contributed by atoms with van der Waals surface area (Å²) in [5, 5.41) is 15.7. The molecule has 0 bridgehead atoms. The molecule has 0 radical (unpaired) electrons. The summed E-state index contributed by atoms with van der Waals surface area (Å²) < 4.78 is 7.82. The fourth-order valence-electron chi connectivity index (χ4n) is 3.59. The molecular weight excluding hydrogens is 324 g/mol. The van der Waals surface area contributed by atoms with E-state index < -0.39 is 0 Å². The molecule has 3 heterocycles. The predicted octanol–water partition coefficient (Wildman–Crippen LogP) is 2.60. The van der Waals surface area contributed by atoms with Crippen molar-refractivity contribution in [2.45, 2.75) is 51.4 Å². The largest absolute Gasteiger partial charge is 0.368 e. The van der Waals surface area contributed by atoms with Gasteiger partial charge in [0, 0.05) is 23.9 Å². The summed E-state index contributed by atoms with van der Waals surface area (Å²) in [4.78, 5) is 12.0. The zero-order valence-electron chi connectivity index (χ0n) is 13.6. The Morgan fingerprint density at radius 1 is 1.42 bits per heavy atom. The van der Waals surface area contributed by atoms with Crippen LogP contribution in [0.25, 0.3) is 11.3 Å². The molecule has 4 rings (SSSR count). The number of hydrogen-bond acceptors (Lipinski definition) is 5. The molecule has 7 heteroatoms. The standard InChI is InChI=1S/C17H22N4O2S/c22-16(7-12-3-1-2-4-12)18-8-14-9-21-15(10-23-14)17(19-20-21)13-5-6-24-11-13/h5-6,11-12,14H,1-4,7-10H2,(H,18,22). The molecule has 2 aromatic rings. The summed E-state index contributed by atoms with van der Waals surface area (Å²) in [6, 6.07) is 2.05. The van der Waals surface area contributed by atoms with Gasteiger partial charge in [-0.1, -0.05) is 18.1 Å². The lowest BCUT2D eigenvalue weighted by Gasteiger charge is -2.24. The first-order valence-corrected chi connectivity index (χ1v) is 9.57. The van der Waals surface area contributed by atoms with Gasteiger partial charge in [0.1, 0.15) is 5.69 Å². The van der Waals surface area contributed by atoms with Gasteiger partial charge in [-0.05, 0) is 30.2 Å². The lowest BCUT2D eigenvalue weighted by atomic mass is 10.0. The molecule has 1 aliphatic heterocycles. The van der Waals surface area contributed by atoms with E-state index in [0.29, 0.717) is 32.0 Å². The molecule has 6 nitrogen and oxygen atoms in total. The number of ether oxygens (including phenoxy) is 1. The van der Waals surface area contributed by atoms with Crippen molar-refractivity contribution >= 4 is 17.2 Å². The van der Waals surface area contributed by atoms with Crippen LogP contribution in [0.4, 0.5) is 0 Å². The van der Waals surface area contributed by atoms with Crippen LogP contribution in [-0.4, -0.2) is 33.5 Å². The number of nitrogens with zero attached hydrogens (tertiary/aromatic N) is 3. The maximum Gasteiger partial charge on any atom is 0.220 e. The van der Waals surface area contributed by atoms with Crippen molar-refractivity contribution in [3.05, 3.63) is 22.5 Å². The summed E-state index contributed by atoms with van der Waals surface area (Å²) >= 11 is 1.65. The number of nitrogens with one attached hydrogen (secondary N) is 1. The predicted molar refractivity (Wildman–Crippen MR) is 91.5 cm³/mol. The molecule has 0 aromatic carbocycles. The van der Waals surface area contributed by atoms with Crippen LogP contribution >= 0.6 is 11.3 Å². The molecule has 0 spiro atoms. The fourth-order valence-corrected chi connectivity index (χ4v) is 4.23. The monoisotopic (exact) mass is 346 g/mol. The number of hydrogen-bond donors (Lipinski definition) is 1. The molecular formula is C17H22N4O2S. The number of thiophene rings is 1. The third kappa shape index (κ3) is 3.37. The summed E-state index contributed by atoms with van der Waals surface area (Å²) in [5.41, 5.74) is 3.01. The highest BCUT2D eigenvalue weighted by molar-refractivity contribution is 7.08. The molecule has 128 valence electrons. The maximum atomic E-state index is 12.0. The third-order valence-electron chi connectivity index (χ3n) is 4.94. The van der Waals surface area contributed by atoms with Crippen molar-refractivity contribution in [3.63, 3.8) is 0 Å².